The molecule has 2 N–H and O–H groups in total. The van der Waals surface area contributed by atoms with Crippen molar-refractivity contribution in [1.82, 2.24) is 15.6 Å². The van der Waals surface area contributed by atoms with Gasteiger partial charge in [-0.2, -0.15) is 0 Å². The van der Waals surface area contributed by atoms with Crippen LogP contribution in [0.3, 0.4) is 0 Å². The SMILES string of the molecule is CC(=O)NC(C)c1ccc2nc(Oc3ccc(C(NC(=O)OC(C)(C)C)C4CC4)cc3)ccc2c1. The number of rotatable bonds is 7. The molecule has 2 atom stereocenters. The Morgan fingerprint density at radius 3 is 2.29 bits per heavy atom. The maximum absolute atomic E-state index is 12.3. The minimum atomic E-state index is -0.534. The third kappa shape index (κ3) is 6.72. The highest BCUT2D eigenvalue weighted by atomic mass is 16.6. The van der Waals surface area contributed by atoms with Gasteiger partial charge in [-0.15, -0.1) is 0 Å². The lowest BCUT2D eigenvalue weighted by molar-refractivity contribution is -0.119. The summed E-state index contributed by atoms with van der Waals surface area (Å²) in [6, 6.07) is 17.3. The molecule has 0 saturated heterocycles. The second-order valence-electron chi connectivity index (χ2n) is 10.2. The summed E-state index contributed by atoms with van der Waals surface area (Å²) in [5.74, 6) is 1.53. The summed E-state index contributed by atoms with van der Waals surface area (Å²) < 4.78 is 11.4. The van der Waals surface area contributed by atoms with Gasteiger partial charge >= 0.3 is 6.09 Å². The zero-order valence-electron chi connectivity index (χ0n) is 20.9. The molecule has 0 spiro atoms. The van der Waals surface area contributed by atoms with Crippen LogP contribution in [0.5, 0.6) is 11.6 Å². The summed E-state index contributed by atoms with van der Waals surface area (Å²) in [4.78, 5) is 28.3. The Labute approximate surface area is 206 Å². The molecule has 4 rings (SSSR count). The fraction of sp³-hybridized carbons (Fsp3) is 0.393. The molecule has 2 aromatic carbocycles. The summed E-state index contributed by atoms with van der Waals surface area (Å²) in [7, 11) is 0. The van der Waals surface area contributed by atoms with Crippen molar-refractivity contribution < 1.29 is 19.1 Å². The molecular weight excluding hydrogens is 442 g/mol. The van der Waals surface area contributed by atoms with Crippen LogP contribution in [0, 0.1) is 5.92 Å². The first-order chi connectivity index (χ1) is 16.6. The predicted octanol–water partition coefficient (Wildman–Crippen LogP) is 6.20. The number of aromatic nitrogens is 1. The maximum Gasteiger partial charge on any atom is 0.408 e. The fourth-order valence-corrected chi connectivity index (χ4v) is 4.04. The Balaban J connectivity index is 1.44. The van der Waals surface area contributed by atoms with Gasteiger partial charge in [0, 0.05) is 18.4 Å². The lowest BCUT2D eigenvalue weighted by atomic mass is 10.0. The topological polar surface area (TPSA) is 89.5 Å². The molecule has 0 radical (unpaired) electrons. The van der Waals surface area contributed by atoms with Gasteiger partial charge in [-0.05, 0) is 87.9 Å². The zero-order valence-corrected chi connectivity index (χ0v) is 20.9. The lowest BCUT2D eigenvalue weighted by Crippen LogP contribution is -2.35. The number of hydrogen-bond donors (Lipinski definition) is 2. The van der Waals surface area contributed by atoms with Gasteiger partial charge in [0.25, 0.3) is 0 Å². The smallest absolute Gasteiger partial charge is 0.408 e. The van der Waals surface area contributed by atoms with Crippen molar-refractivity contribution >= 4 is 22.9 Å². The summed E-state index contributed by atoms with van der Waals surface area (Å²) in [5.41, 5.74) is 2.32. The van der Waals surface area contributed by atoms with Gasteiger partial charge in [0.1, 0.15) is 11.4 Å². The van der Waals surface area contributed by atoms with E-state index in [0.29, 0.717) is 17.5 Å². The Morgan fingerprint density at radius 2 is 1.66 bits per heavy atom. The standard InChI is InChI=1S/C28H33N3O4/c1-17(29-18(2)32)21-10-14-24-22(16-21)11-15-25(30-24)34-23-12-8-20(9-13-23)26(19-6-7-19)31-27(33)35-28(3,4)5/h8-17,19,26H,6-7H2,1-5H3,(H,29,32)(H,31,33). The van der Waals surface area contributed by atoms with Crippen molar-refractivity contribution in [2.45, 2.75) is 65.1 Å². The van der Waals surface area contributed by atoms with E-state index in [9.17, 15) is 9.59 Å². The Bertz CT molecular complexity index is 1210. The van der Waals surface area contributed by atoms with E-state index in [1.165, 1.54) is 6.92 Å². The summed E-state index contributed by atoms with van der Waals surface area (Å²) >= 11 is 0. The van der Waals surface area contributed by atoms with E-state index < -0.39 is 11.7 Å². The average Bonchev–Trinajstić information content (AvgIpc) is 3.61. The molecule has 1 aliphatic rings. The van der Waals surface area contributed by atoms with Crippen molar-refractivity contribution in [2.75, 3.05) is 0 Å². The number of alkyl carbamates (subject to hydrolysis) is 1. The molecule has 1 fully saturated rings. The molecule has 2 amide bonds. The van der Waals surface area contributed by atoms with Crippen molar-refractivity contribution in [2.24, 2.45) is 5.92 Å². The van der Waals surface area contributed by atoms with Gasteiger partial charge in [-0.3, -0.25) is 4.79 Å². The number of benzene rings is 2. The monoisotopic (exact) mass is 475 g/mol. The van der Waals surface area contributed by atoms with E-state index in [0.717, 1.165) is 34.9 Å². The molecule has 2 unspecified atom stereocenters. The van der Waals surface area contributed by atoms with E-state index in [1.54, 1.807) is 0 Å². The third-order valence-corrected chi connectivity index (χ3v) is 5.83. The normalized spacial score (nSPS) is 15.2. The van der Waals surface area contributed by atoms with E-state index >= 15 is 0 Å². The number of ether oxygens (including phenoxy) is 2. The first kappa shape index (κ1) is 24.5. The predicted molar refractivity (Wildman–Crippen MR) is 135 cm³/mol. The van der Waals surface area contributed by atoms with Gasteiger partial charge in [-0.25, -0.2) is 9.78 Å². The van der Waals surface area contributed by atoms with E-state index in [4.69, 9.17) is 9.47 Å². The minimum Gasteiger partial charge on any atom is -0.444 e. The molecule has 0 aliphatic heterocycles. The quantitative estimate of drug-likeness (QED) is 0.425. The Morgan fingerprint density at radius 1 is 0.971 bits per heavy atom. The van der Waals surface area contributed by atoms with Crippen LogP contribution in [-0.2, 0) is 9.53 Å². The van der Waals surface area contributed by atoms with Crippen molar-refractivity contribution in [3.63, 3.8) is 0 Å². The molecular formula is C28H33N3O4. The van der Waals surface area contributed by atoms with Crippen LogP contribution < -0.4 is 15.4 Å². The molecule has 1 aromatic heterocycles. The number of amides is 2. The first-order valence-corrected chi connectivity index (χ1v) is 12.0. The Hall–Kier alpha value is -3.61. The summed E-state index contributed by atoms with van der Waals surface area (Å²) in [6.07, 6.45) is 1.78. The zero-order chi connectivity index (χ0) is 25.2. The number of nitrogens with one attached hydrogen (secondary N) is 2. The molecule has 1 heterocycles. The van der Waals surface area contributed by atoms with Crippen LogP contribution in [0.1, 0.15) is 70.7 Å². The second kappa shape index (κ2) is 9.94. The molecule has 0 bridgehead atoms. The molecule has 3 aromatic rings. The number of carbonyl (C=O) groups is 2. The third-order valence-electron chi connectivity index (χ3n) is 5.83. The van der Waals surface area contributed by atoms with Crippen LogP contribution in [0.15, 0.2) is 54.6 Å². The number of pyridine rings is 1. The molecule has 1 saturated carbocycles. The molecule has 1 aliphatic carbocycles. The number of fused-ring (bicyclic) bond motifs is 1. The van der Waals surface area contributed by atoms with Crippen molar-refractivity contribution in [1.29, 1.82) is 0 Å². The van der Waals surface area contributed by atoms with Crippen LogP contribution in [0.4, 0.5) is 4.79 Å². The summed E-state index contributed by atoms with van der Waals surface area (Å²) in [5, 5.41) is 6.90. The average molecular weight is 476 g/mol. The van der Waals surface area contributed by atoms with Gasteiger partial charge in [0.15, 0.2) is 0 Å². The molecule has 35 heavy (non-hydrogen) atoms. The number of nitrogens with zero attached hydrogens (tertiary/aromatic N) is 1. The van der Waals surface area contributed by atoms with Crippen LogP contribution in [0.2, 0.25) is 0 Å². The lowest BCUT2D eigenvalue weighted by Gasteiger charge is -2.24. The van der Waals surface area contributed by atoms with Crippen LogP contribution in [0.25, 0.3) is 10.9 Å². The summed E-state index contributed by atoms with van der Waals surface area (Å²) in [6.45, 7) is 9.04. The molecule has 184 valence electrons. The van der Waals surface area contributed by atoms with Crippen molar-refractivity contribution in [3.8, 4) is 11.6 Å². The van der Waals surface area contributed by atoms with Crippen molar-refractivity contribution in [3.05, 3.63) is 65.7 Å². The highest BCUT2D eigenvalue weighted by Gasteiger charge is 2.34. The fourth-order valence-electron chi connectivity index (χ4n) is 4.04. The second-order valence-corrected chi connectivity index (χ2v) is 10.2. The minimum absolute atomic E-state index is 0.0606. The maximum atomic E-state index is 12.3. The van der Waals surface area contributed by atoms with Gasteiger partial charge < -0.3 is 20.1 Å². The first-order valence-electron chi connectivity index (χ1n) is 12.0. The van der Waals surface area contributed by atoms with Gasteiger partial charge in [-0.1, -0.05) is 18.2 Å². The largest absolute Gasteiger partial charge is 0.444 e. The van der Waals surface area contributed by atoms with E-state index in [1.807, 2.05) is 82.3 Å². The number of hydrogen-bond acceptors (Lipinski definition) is 5. The molecule has 7 nitrogen and oxygen atoms in total. The highest BCUT2D eigenvalue weighted by Crippen LogP contribution is 2.41. The van der Waals surface area contributed by atoms with E-state index in [2.05, 4.69) is 15.6 Å². The molecule has 7 heteroatoms. The van der Waals surface area contributed by atoms with E-state index in [-0.39, 0.29) is 18.0 Å². The Kier molecular flexibility index (Phi) is 6.96. The van der Waals surface area contributed by atoms with Gasteiger partial charge in [0.05, 0.1) is 17.6 Å². The number of carbonyl (C=O) groups excluding carboxylic acids is 2. The highest BCUT2D eigenvalue weighted by molar-refractivity contribution is 5.80. The van der Waals surface area contributed by atoms with Crippen LogP contribution in [-0.4, -0.2) is 22.6 Å². The van der Waals surface area contributed by atoms with Gasteiger partial charge in [0.2, 0.25) is 11.8 Å². The van der Waals surface area contributed by atoms with Crippen LogP contribution >= 0.6 is 0 Å².